The number of phenols is 1. The molecule has 0 heterocycles. The van der Waals surface area contributed by atoms with Crippen molar-refractivity contribution in [1.29, 1.82) is 0 Å². The Morgan fingerprint density at radius 3 is 2.38 bits per heavy atom. The van der Waals surface area contributed by atoms with Crippen LogP contribution in [0.5, 0.6) is 5.75 Å². The molecule has 0 saturated heterocycles. The Hall–Kier alpha value is -1.51. The van der Waals surface area contributed by atoms with Crippen molar-refractivity contribution in [2.45, 2.75) is 33.6 Å². The first-order chi connectivity index (χ1) is 7.57. The third-order valence-corrected chi connectivity index (χ3v) is 1.92. The highest BCUT2D eigenvalue weighted by molar-refractivity contribution is 5.65. The van der Waals surface area contributed by atoms with Gasteiger partial charge in [-0.1, -0.05) is 31.5 Å². The number of rotatable bonds is 3. The molecule has 1 aromatic rings. The lowest BCUT2D eigenvalue weighted by Crippen LogP contribution is -1.99. The van der Waals surface area contributed by atoms with E-state index < -0.39 is 0 Å². The smallest absolute Gasteiger partial charge is 0.302 e. The van der Waals surface area contributed by atoms with E-state index in [1.807, 2.05) is 25.1 Å². The van der Waals surface area contributed by atoms with E-state index in [0.29, 0.717) is 12.4 Å². The van der Waals surface area contributed by atoms with Gasteiger partial charge in [0.1, 0.15) is 5.75 Å². The predicted octanol–water partition coefficient (Wildman–Crippen LogP) is 3.05. The Balaban J connectivity index is 0.000000281. The Kier molecular flexibility index (Phi) is 7.94. The summed E-state index contributed by atoms with van der Waals surface area (Å²) in [6, 6.07) is 7.25. The van der Waals surface area contributed by atoms with Gasteiger partial charge in [-0.2, -0.15) is 0 Å². The van der Waals surface area contributed by atoms with Crippen LogP contribution in [0.25, 0.3) is 0 Å². The van der Waals surface area contributed by atoms with Crippen LogP contribution in [-0.4, -0.2) is 17.7 Å². The number of benzene rings is 1. The minimum absolute atomic E-state index is 0.182. The van der Waals surface area contributed by atoms with Crippen LogP contribution < -0.4 is 0 Å². The van der Waals surface area contributed by atoms with E-state index in [2.05, 4.69) is 11.7 Å². The summed E-state index contributed by atoms with van der Waals surface area (Å²) in [4.78, 5) is 10.1. The van der Waals surface area contributed by atoms with Crippen molar-refractivity contribution in [3.63, 3.8) is 0 Å². The van der Waals surface area contributed by atoms with Crippen LogP contribution >= 0.6 is 0 Å². The highest BCUT2D eigenvalue weighted by atomic mass is 16.5. The first kappa shape index (κ1) is 14.5. The fourth-order valence-electron chi connectivity index (χ4n) is 0.924. The molecule has 0 bridgehead atoms. The number of carbonyl (C=O) groups excluding carboxylic acids is 1. The molecule has 90 valence electrons. The van der Waals surface area contributed by atoms with Gasteiger partial charge in [0, 0.05) is 6.92 Å². The first-order valence-electron chi connectivity index (χ1n) is 5.45. The number of hydrogen-bond donors (Lipinski definition) is 1. The molecule has 1 N–H and O–H groups in total. The van der Waals surface area contributed by atoms with Gasteiger partial charge in [-0.3, -0.25) is 4.79 Å². The summed E-state index contributed by atoms with van der Waals surface area (Å²) in [5.41, 5.74) is 0.924. The van der Waals surface area contributed by atoms with Crippen LogP contribution in [0.2, 0.25) is 0 Å². The highest BCUT2D eigenvalue weighted by Gasteiger charge is 1.88. The topological polar surface area (TPSA) is 46.5 Å². The van der Waals surface area contributed by atoms with Gasteiger partial charge in [0.2, 0.25) is 0 Å². The summed E-state index contributed by atoms with van der Waals surface area (Å²) in [6.45, 7) is 5.93. The third-order valence-electron chi connectivity index (χ3n) is 1.92. The molecule has 0 atom stereocenters. The van der Waals surface area contributed by atoms with E-state index in [9.17, 15) is 4.79 Å². The molecule has 0 aromatic heterocycles. The second kappa shape index (κ2) is 8.77. The maximum absolute atomic E-state index is 10.1. The molecule has 1 aromatic carbocycles. The van der Waals surface area contributed by atoms with Gasteiger partial charge in [0.05, 0.1) is 6.61 Å². The van der Waals surface area contributed by atoms with E-state index in [4.69, 9.17) is 5.11 Å². The molecule has 3 heteroatoms. The van der Waals surface area contributed by atoms with Crippen LogP contribution in [0.15, 0.2) is 24.3 Å². The molecule has 1 rings (SSSR count). The molecule has 16 heavy (non-hydrogen) atoms. The minimum atomic E-state index is -0.182. The van der Waals surface area contributed by atoms with Crippen LogP contribution in [-0.2, 0) is 9.53 Å². The van der Waals surface area contributed by atoms with E-state index in [1.54, 1.807) is 6.07 Å². The van der Waals surface area contributed by atoms with Crippen molar-refractivity contribution in [3.8, 4) is 5.75 Å². The molecule has 0 saturated carbocycles. The number of ether oxygens (including phenoxy) is 1. The van der Waals surface area contributed by atoms with Crippen LogP contribution in [0.3, 0.4) is 0 Å². The summed E-state index contributed by atoms with van der Waals surface area (Å²) in [5.74, 6) is 0.186. The predicted molar refractivity (Wildman–Crippen MR) is 64.4 cm³/mol. The molecular weight excluding hydrogens is 204 g/mol. The van der Waals surface area contributed by atoms with Gasteiger partial charge < -0.3 is 9.84 Å². The zero-order chi connectivity index (χ0) is 12.4. The summed E-state index contributed by atoms with van der Waals surface area (Å²) in [5, 5.41) is 8.92. The van der Waals surface area contributed by atoms with Crippen molar-refractivity contribution in [2.75, 3.05) is 6.61 Å². The number of aryl methyl sites for hydroxylation is 1. The Morgan fingerprint density at radius 2 is 2.00 bits per heavy atom. The summed E-state index contributed by atoms with van der Waals surface area (Å²) < 4.78 is 4.64. The summed E-state index contributed by atoms with van der Waals surface area (Å²) in [6.07, 6.45) is 2.05. The monoisotopic (exact) mass is 224 g/mol. The minimum Gasteiger partial charge on any atom is -0.508 e. The van der Waals surface area contributed by atoms with Crippen LogP contribution in [0.4, 0.5) is 0 Å². The van der Waals surface area contributed by atoms with Gasteiger partial charge in [-0.15, -0.1) is 0 Å². The highest BCUT2D eigenvalue weighted by Crippen LogP contribution is 2.12. The molecule has 0 aliphatic heterocycles. The Bertz CT molecular complexity index is 287. The van der Waals surface area contributed by atoms with E-state index in [0.717, 1.165) is 18.4 Å². The van der Waals surface area contributed by atoms with E-state index in [-0.39, 0.29) is 5.97 Å². The molecule has 0 aliphatic rings. The maximum atomic E-state index is 10.1. The lowest BCUT2D eigenvalue weighted by Gasteiger charge is -1.96. The zero-order valence-electron chi connectivity index (χ0n) is 10.2. The molecule has 0 unspecified atom stereocenters. The number of hydrogen-bond acceptors (Lipinski definition) is 3. The van der Waals surface area contributed by atoms with Crippen molar-refractivity contribution in [1.82, 2.24) is 0 Å². The average Bonchev–Trinajstić information content (AvgIpc) is 2.23. The van der Waals surface area contributed by atoms with E-state index in [1.165, 1.54) is 6.92 Å². The summed E-state index contributed by atoms with van der Waals surface area (Å²) >= 11 is 0. The lowest BCUT2D eigenvalue weighted by molar-refractivity contribution is -0.141. The standard InChI is InChI=1S/C7H8O.C6H12O2/c1-6-4-2-3-5-7(6)8;1-3-4-5-8-6(2)7/h2-5,8H,1H3;3-5H2,1-2H3. The summed E-state index contributed by atoms with van der Waals surface area (Å²) in [7, 11) is 0. The lowest BCUT2D eigenvalue weighted by atomic mass is 10.2. The quantitative estimate of drug-likeness (QED) is 0.634. The number of unbranched alkanes of at least 4 members (excludes halogenated alkanes) is 1. The fourth-order valence-corrected chi connectivity index (χ4v) is 0.924. The number of aromatic hydroxyl groups is 1. The molecular formula is C13H20O3. The first-order valence-corrected chi connectivity index (χ1v) is 5.45. The second-order valence-electron chi connectivity index (χ2n) is 3.48. The Labute approximate surface area is 97.1 Å². The van der Waals surface area contributed by atoms with Gasteiger partial charge in [-0.05, 0) is 25.0 Å². The van der Waals surface area contributed by atoms with Gasteiger partial charge in [-0.25, -0.2) is 0 Å². The average molecular weight is 224 g/mol. The zero-order valence-corrected chi connectivity index (χ0v) is 10.2. The molecule has 3 nitrogen and oxygen atoms in total. The number of para-hydroxylation sites is 1. The third kappa shape index (κ3) is 7.85. The van der Waals surface area contributed by atoms with Crippen LogP contribution in [0.1, 0.15) is 32.3 Å². The molecule has 0 spiro atoms. The van der Waals surface area contributed by atoms with Crippen molar-refractivity contribution in [2.24, 2.45) is 0 Å². The maximum Gasteiger partial charge on any atom is 0.302 e. The van der Waals surface area contributed by atoms with Gasteiger partial charge in [0.15, 0.2) is 0 Å². The van der Waals surface area contributed by atoms with Crippen molar-refractivity contribution >= 4 is 5.97 Å². The molecule has 0 amide bonds. The van der Waals surface area contributed by atoms with Crippen molar-refractivity contribution in [3.05, 3.63) is 29.8 Å². The molecule has 0 radical (unpaired) electrons. The number of carbonyl (C=O) groups is 1. The second-order valence-corrected chi connectivity index (χ2v) is 3.48. The van der Waals surface area contributed by atoms with Crippen molar-refractivity contribution < 1.29 is 14.6 Å². The molecule has 0 fully saturated rings. The largest absolute Gasteiger partial charge is 0.508 e. The van der Waals surface area contributed by atoms with Gasteiger partial charge >= 0.3 is 5.97 Å². The van der Waals surface area contributed by atoms with Gasteiger partial charge in [0.25, 0.3) is 0 Å². The molecule has 0 aliphatic carbocycles. The fraction of sp³-hybridized carbons (Fsp3) is 0.462. The van der Waals surface area contributed by atoms with Crippen LogP contribution in [0, 0.1) is 6.92 Å². The Morgan fingerprint density at radius 1 is 1.38 bits per heavy atom. The number of phenolic OH excluding ortho intramolecular Hbond substituents is 1. The normalized spacial score (nSPS) is 8.94. The van der Waals surface area contributed by atoms with E-state index >= 15 is 0 Å². The SMILES string of the molecule is CCCCOC(C)=O.Cc1ccccc1O. The number of esters is 1.